The molecule has 0 aliphatic heterocycles. The highest BCUT2D eigenvalue weighted by Crippen LogP contribution is 2.37. The minimum Gasteiger partial charge on any atom is -0.352 e. The van der Waals surface area contributed by atoms with Gasteiger partial charge >= 0.3 is 0 Å². The van der Waals surface area contributed by atoms with Crippen molar-refractivity contribution < 1.29 is 4.79 Å². The van der Waals surface area contributed by atoms with Crippen LogP contribution in [0, 0.1) is 18.8 Å². The molecule has 0 bridgehead atoms. The number of nitrogens with zero attached hydrogens (tertiary/aromatic N) is 11. The average Bonchev–Trinajstić information content (AvgIpc) is 4.21. The van der Waals surface area contributed by atoms with Gasteiger partial charge in [0.1, 0.15) is 16.9 Å². The van der Waals surface area contributed by atoms with Crippen molar-refractivity contribution in [1.29, 1.82) is 0 Å². The van der Waals surface area contributed by atoms with E-state index in [0.29, 0.717) is 93.0 Å². The summed E-state index contributed by atoms with van der Waals surface area (Å²) in [6.45, 7) is 3.85. The van der Waals surface area contributed by atoms with Crippen LogP contribution in [0.25, 0.3) is 77.6 Å². The van der Waals surface area contributed by atoms with Crippen LogP contribution in [0.15, 0.2) is 113 Å². The number of amides is 1. The van der Waals surface area contributed by atoms with Crippen molar-refractivity contribution in [3.8, 4) is 33.6 Å². The third-order valence-electron chi connectivity index (χ3n) is 13.6. The number of aromatic nitrogens is 11. The van der Waals surface area contributed by atoms with Crippen LogP contribution in [0.2, 0.25) is 5.02 Å². The van der Waals surface area contributed by atoms with Gasteiger partial charge in [0.2, 0.25) is 0 Å². The molecule has 10 aromatic rings. The Hall–Kier alpha value is -7.65. The molecule has 0 saturated heterocycles. The fourth-order valence-corrected chi connectivity index (χ4v) is 9.65. The lowest BCUT2D eigenvalue weighted by Crippen LogP contribution is -2.26. The highest BCUT2D eigenvalue weighted by Gasteiger charge is 2.29. The quantitative estimate of drug-likeness (QED) is 0.113. The Morgan fingerprint density at radius 3 is 2.16 bits per heavy atom. The standard InChI is InChI=1S/C52H47ClN12O3/c1-30-56-42-19-17-39(24-44(42)61(30)3)64-52(68)46(48-43(58-64)20-22-62(48)26-31-6-7-31)34-12-15-37(55-25-34)5-4-21-54-50(66)40-29-63(27-32-8-9-32)49-45(33-10-13-36(53)14-11-33)51(67)65(59-47(40)49)38-16-18-41-35(23-38)28-60(2)57-41/h10-20,22-25,28-29,31-32H,4-9,21,26-27H2,1-3H3,(H,54,66). The fraction of sp³-hybridized carbons (Fsp3) is 0.269. The van der Waals surface area contributed by atoms with Crippen molar-refractivity contribution in [3.05, 3.63) is 146 Å². The molecule has 2 saturated carbocycles. The molecule has 0 spiro atoms. The summed E-state index contributed by atoms with van der Waals surface area (Å²) in [6.07, 6.45) is 13.3. The molecule has 2 aliphatic rings. The Morgan fingerprint density at radius 1 is 0.735 bits per heavy atom. The van der Waals surface area contributed by atoms with Crippen molar-refractivity contribution in [2.45, 2.75) is 58.5 Å². The number of halogens is 1. The second-order valence-electron chi connectivity index (χ2n) is 18.5. The van der Waals surface area contributed by atoms with Gasteiger partial charge in [-0.2, -0.15) is 24.7 Å². The summed E-state index contributed by atoms with van der Waals surface area (Å²) in [5.41, 5.74) is 9.56. The molecular weight excluding hydrogens is 876 g/mol. The first kappa shape index (κ1) is 41.8. The monoisotopic (exact) mass is 922 g/mol. The summed E-state index contributed by atoms with van der Waals surface area (Å²) < 4.78 is 10.8. The zero-order valence-corrected chi connectivity index (χ0v) is 38.6. The van der Waals surface area contributed by atoms with Crippen LogP contribution in [-0.4, -0.2) is 65.5 Å². The topological polar surface area (TPSA) is 157 Å². The van der Waals surface area contributed by atoms with Crippen LogP contribution in [0.4, 0.5) is 0 Å². The number of hydrogen-bond acceptors (Lipinski definition) is 8. The van der Waals surface area contributed by atoms with Crippen LogP contribution in [0.3, 0.4) is 0 Å². The van der Waals surface area contributed by atoms with Crippen LogP contribution >= 0.6 is 11.6 Å². The summed E-state index contributed by atoms with van der Waals surface area (Å²) in [5.74, 6) is 1.66. The SMILES string of the molecule is Cc1nc2ccc(-n3nc4ccn(CC5CC5)c4c(-c4ccc(CCCNC(=O)c5cn(CC6CC6)c6c(-c7ccc(Cl)cc7)c(=O)n(-c7ccc8nn(C)cc8c7)nc56)nc4)c3=O)cc2n1C. The lowest BCUT2D eigenvalue weighted by molar-refractivity contribution is 0.0954. The average molecular weight is 923 g/mol. The maximum Gasteiger partial charge on any atom is 0.281 e. The van der Waals surface area contributed by atoms with Gasteiger partial charge in [0.25, 0.3) is 17.0 Å². The number of imidazole rings is 1. The first-order chi connectivity index (χ1) is 33.0. The number of hydrogen-bond donors (Lipinski definition) is 1. The van der Waals surface area contributed by atoms with E-state index in [1.165, 1.54) is 22.2 Å². The van der Waals surface area contributed by atoms with E-state index in [1.807, 2.05) is 115 Å². The number of carbonyl (C=O) groups excluding carboxylic acids is 1. The van der Waals surface area contributed by atoms with E-state index < -0.39 is 0 Å². The van der Waals surface area contributed by atoms with Gasteiger partial charge in [-0.05, 0) is 124 Å². The van der Waals surface area contributed by atoms with Crippen LogP contribution in [0.5, 0.6) is 0 Å². The molecule has 12 rings (SSSR count). The van der Waals surface area contributed by atoms with E-state index in [9.17, 15) is 14.4 Å². The third kappa shape index (κ3) is 7.46. The molecule has 340 valence electrons. The Bertz CT molecular complexity index is 3770. The Morgan fingerprint density at radius 2 is 1.43 bits per heavy atom. The third-order valence-corrected chi connectivity index (χ3v) is 13.8. The van der Waals surface area contributed by atoms with E-state index in [4.69, 9.17) is 26.8 Å². The smallest absolute Gasteiger partial charge is 0.281 e. The highest BCUT2D eigenvalue weighted by molar-refractivity contribution is 6.30. The van der Waals surface area contributed by atoms with Crippen molar-refractivity contribution in [2.24, 2.45) is 25.9 Å². The Labute approximate surface area is 394 Å². The van der Waals surface area contributed by atoms with Crippen molar-refractivity contribution in [2.75, 3.05) is 6.54 Å². The van der Waals surface area contributed by atoms with Gasteiger partial charge in [0.15, 0.2) is 0 Å². The molecule has 3 aromatic carbocycles. The predicted octanol–water partition coefficient (Wildman–Crippen LogP) is 8.33. The number of aryl methyl sites for hydroxylation is 4. The summed E-state index contributed by atoms with van der Waals surface area (Å²) in [5, 5.41) is 18.9. The maximum absolute atomic E-state index is 14.6. The van der Waals surface area contributed by atoms with Gasteiger partial charge in [-0.1, -0.05) is 29.8 Å². The molecule has 2 fully saturated rings. The molecule has 15 nitrogen and oxygen atoms in total. The Balaban J connectivity index is 0.832. The van der Waals surface area contributed by atoms with Gasteiger partial charge in [-0.25, -0.2) is 4.98 Å². The van der Waals surface area contributed by atoms with Gasteiger partial charge in [0, 0.05) is 80.2 Å². The van der Waals surface area contributed by atoms with Gasteiger partial charge in [-0.3, -0.25) is 24.0 Å². The predicted molar refractivity (Wildman–Crippen MR) is 264 cm³/mol. The first-order valence-electron chi connectivity index (χ1n) is 23.2. The number of fused-ring (bicyclic) bond motifs is 4. The largest absolute Gasteiger partial charge is 0.352 e. The highest BCUT2D eigenvalue weighted by atomic mass is 35.5. The van der Waals surface area contributed by atoms with Crippen molar-refractivity contribution in [1.82, 2.24) is 58.3 Å². The molecule has 2 aliphatic carbocycles. The molecule has 1 amide bonds. The van der Waals surface area contributed by atoms with E-state index in [0.717, 1.165) is 63.9 Å². The molecule has 0 unspecified atom stereocenters. The minimum absolute atomic E-state index is 0.219. The lowest BCUT2D eigenvalue weighted by Gasteiger charge is -2.13. The number of rotatable bonds is 13. The second-order valence-corrected chi connectivity index (χ2v) is 18.9. The number of nitrogens with one attached hydrogen (secondary N) is 1. The van der Waals surface area contributed by atoms with Crippen molar-refractivity contribution in [3.63, 3.8) is 0 Å². The minimum atomic E-state index is -0.299. The van der Waals surface area contributed by atoms with Crippen LogP contribution in [0.1, 0.15) is 54.0 Å². The molecule has 1 N–H and O–H groups in total. The number of pyridine rings is 1. The second kappa shape index (κ2) is 16.3. The summed E-state index contributed by atoms with van der Waals surface area (Å²) in [7, 11) is 3.82. The van der Waals surface area contributed by atoms with Crippen LogP contribution in [-0.2, 0) is 33.6 Å². The Kier molecular flexibility index (Phi) is 10.0. The van der Waals surface area contributed by atoms with Gasteiger partial charge in [0.05, 0.1) is 55.6 Å². The first-order valence-corrected chi connectivity index (χ1v) is 23.6. The van der Waals surface area contributed by atoms with Gasteiger partial charge < -0.3 is 19.0 Å². The molecule has 7 aromatic heterocycles. The number of benzene rings is 3. The van der Waals surface area contributed by atoms with Crippen LogP contribution < -0.4 is 16.4 Å². The normalized spacial score (nSPS) is 14.0. The van der Waals surface area contributed by atoms with Crippen molar-refractivity contribution >= 4 is 61.5 Å². The molecule has 0 atom stereocenters. The number of carbonyl (C=O) groups is 1. The summed E-state index contributed by atoms with van der Waals surface area (Å²) in [4.78, 5) is 53.0. The molecular formula is C52H47ClN12O3. The zero-order valence-electron chi connectivity index (χ0n) is 37.9. The lowest BCUT2D eigenvalue weighted by atomic mass is 10.1. The molecule has 16 heteroatoms. The molecule has 68 heavy (non-hydrogen) atoms. The molecule has 0 radical (unpaired) electrons. The molecule has 7 heterocycles. The fourth-order valence-electron chi connectivity index (χ4n) is 9.53. The van der Waals surface area contributed by atoms with Gasteiger partial charge in [-0.15, -0.1) is 0 Å². The summed E-state index contributed by atoms with van der Waals surface area (Å²) in [6, 6.07) is 24.5. The van der Waals surface area contributed by atoms with E-state index >= 15 is 0 Å². The van der Waals surface area contributed by atoms with E-state index in [1.54, 1.807) is 23.0 Å². The van der Waals surface area contributed by atoms with E-state index in [2.05, 4.69) is 20.0 Å². The zero-order chi connectivity index (χ0) is 46.4. The van der Waals surface area contributed by atoms with E-state index in [-0.39, 0.29) is 17.0 Å². The summed E-state index contributed by atoms with van der Waals surface area (Å²) >= 11 is 6.33. The maximum atomic E-state index is 14.6.